The Morgan fingerprint density at radius 1 is 1.37 bits per heavy atom. The van der Waals surface area contributed by atoms with Crippen molar-refractivity contribution < 1.29 is 9.84 Å². The normalized spacial score (nSPS) is 14.5. The van der Waals surface area contributed by atoms with Crippen molar-refractivity contribution in [3.05, 3.63) is 29.3 Å². The van der Waals surface area contributed by atoms with E-state index in [1.165, 1.54) is 5.56 Å². The van der Waals surface area contributed by atoms with Crippen molar-refractivity contribution in [2.24, 2.45) is 17.1 Å². The van der Waals surface area contributed by atoms with E-state index in [0.29, 0.717) is 12.5 Å². The monoisotopic (exact) mass is 265 g/mol. The molecule has 108 valence electrons. The average Bonchev–Trinajstić information content (AvgIpc) is 2.37. The van der Waals surface area contributed by atoms with E-state index in [1.807, 2.05) is 12.1 Å². The standard InChI is InChI=1S/C16H27NO2/c1-12(2)8-16(10-17,11-18)9-14-7-13(3)5-6-15(14)19-4/h5-7,12,18H,8-11,17H2,1-4H3. The van der Waals surface area contributed by atoms with Gasteiger partial charge < -0.3 is 15.6 Å². The molecule has 0 aromatic heterocycles. The van der Waals surface area contributed by atoms with Crippen molar-refractivity contribution in [1.29, 1.82) is 0 Å². The van der Waals surface area contributed by atoms with E-state index in [9.17, 15) is 5.11 Å². The maximum Gasteiger partial charge on any atom is 0.122 e. The van der Waals surface area contributed by atoms with Gasteiger partial charge in [-0.25, -0.2) is 0 Å². The van der Waals surface area contributed by atoms with Gasteiger partial charge in [-0.05, 0) is 37.3 Å². The van der Waals surface area contributed by atoms with Crippen molar-refractivity contribution >= 4 is 0 Å². The van der Waals surface area contributed by atoms with Crippen LogP contribution in [0, 0.1) is 18.3 Å². The minimum Gasteiger partial charge on any atom is -0.496 e. The zero-order valence-corrected chi connectivity index (χ0v) is 12.6. The van der Waals surface area contributed by atoms with E-state index < -0.39 is 0 Å². The molecule has 3 nitrogen and oxygen atoms in total. The van der Waals surface area contributed by atoms with E-state index in [4.69, 9.17) is 10.5 Å². The number of aliphatic hydroxyl groups excluding tert-OH is 1. The second-order valence-electron chi connectivity index (χ2n) is 5.95. The first-order valence-corrected chi connectivity index (χ1v) is 6.91. The zero-order chi connectivity index (χ0) is 14.5. The summed E-state index contributed by atoms with van der Waals surface area (Å²) in [5, 5.41) is 9.80. The molecule has 0 aliphatic heterocycles. The fourth-order valence-corrected chi connectivity index (χ4v) is 2.73. The van der Waals surface area contributed by atoms with Gasteiger partial charge in [-0.15, -0.1) is 0 Å². The number of nitrogens with two attached hydrogens (primary N) is 1. The average molecular weight is 265 g/mol. The molecule has 3 N–H and O–H groups in total. The summed E-state index contributed by atoms with van der Waals surface area (Å²) < 4.78 is 5.42. The Morgan fingerprint density at radius 2 is 2.05 bits per heavy atom. The summed E-state index contributed by atoms with van der Waals surface area (Å²) in [6.45, 7) is 6.98. The third kappa shape index (κ3) is 4.22. The molecule has 1 aromatic carbocycles. The third-order valence-electron chi connectivity index (χ3n) is 3.61. The smallest absolute Gasteiger partial charge is 0.122 e. The lowest BCUT2D eigenvalue weighted by Crippen LogP contribution is -2.38. The molecule has 0 bridgehead atoms. The first-order chi connectivity index (χ1) is 8.96. The maximum atomic E-state index is 9.80. The number of methoxy groups -OCH3 is 1. The van der Waals surface area contributed by atoms with Gasteiger partial charge in [-0.2, -0.15) is 0 Å². The number of benzene rings is 1. The molecule has 0 amide bonds. The highest BCUT2D eigenvalue weighted by Gasteiger charge is 2.30. The molecule has 0 fully saturated rings. The molecule has 1 aromatic rings. The van der Waals surface area contributed by atoms with Crippen LogP contribution in [0.1, 0.15) is 31.4 Å². The largest absolute Gasteiger partial charge is 0.496 e. The van der Waals surface area contributed by atoms with Gasteiger partial charge in [0.25, 0.3) is 0 Å². The van der Waals surface area contributed by atoms with Crippen LogP contribution in [0.5, 0.6) is 5.75 Å². The number of ether oxygens (including phenoxy) is 1. The summed E-state index contributed by atoms with van der Waals surface area (Å²) in [4.78, 5) is 0. The van der Waals surface area contributed by atoms with Crippen molar-refractivity contribution in [1.82, 2.24) is 0 Å². The van der Waals surface area contributed by atoms with Gasteiger partial charge in [0.15, 0.2) is 0 Å². The lowest BCUT2D eigenvalue weighted by molar-refractivity contribution is 0.107. The topological polar surface area (TPSA) is 55.5 Å². The van der Waals surface area contributed by atoms with Crippen LogP contribution in [0.2, 0.25) is 0 Å². The molecule has 0 saturated heterocycles. The molecular formula is C16H27NO2. The van der Waals surface area contributed by atoms with Gasteiger partial charge in [-0.1, -0.05) is 31.5 Å². The minimum absolute atomic E-state index is 0.110. The minimum atomic E-state index is -0.255. The molecule has 1 unspecified atom stereocenters. The molecule has 1 rings (SSSR count). The highest BCUT2D eigenvalue weighted by atomic mass is 16.5. The van der Waals surface area contributed by atoms with Crippen LogP contribution in [-0.2, 0) is 6.42 Å². The van der Waals surface area contributed by atoms with Crippen LogP contribution in [0.3, 0.4) is 0 Å². The van der Waals surface area contributed by atoms with Crippen molar-refractivity contribution in [3.8, 4) is 5.75 Å². The van der Waals surface area contributed by atoms with E-state index in [2.05, 4.69) is 26.8 Å². The van der Waals surface area contributed by atoms with Crippen LogP contribution in [0.25, 0.3) is 0 Å². The lowest BCUT2D eigenvalue weighted by Gasteiger charge is -2.33. The molecule has 0 aliphatic carbocycles. The summed E-state index contributed by atoms with van der Waals surface area (Å²) in [7, 11) is 1.68. The van der Waals surface area contributed by atoms with E-state index in [1.54, 1.807) is 7.11 Å². The Hall–Kier alpha value is -1.06. The number of hydrogen-bond donors (Lipinski definition) is 2. The van der Waals surface area contributed by atoms with Crippen LogP contribution in [0.4, 0.5) is 0 Å². The van der Waals surface area contributed by atoms with Gasteiger partial charge in [0.05, 0.1) is 13.7 Å². The van der Waals surface area contributed by atoms with Gasteiger partial charge in [0, 0.05) is 12.0 Å². The fraction of sp³-hybridized carbons (Fsp3) is 0.625. The van der Waals surface area contributed by atoms with Gasteiger partial charge in [0.1, 0.15) is 5.75 Å². The first kappa shape index (κ1) is 16.0. The fourth-order valence-electron chi connectivity index (χ4n) is 2.73. The summed E-state index contributed by atoms with van der Waals surface area (Å²) >= 11 is 0. The Kier molecular flexibility index (Phi) is 5.83. The number of aryl methyl sites for hydroxylation is 1. The van der Waals surface area contributed by atoms with Gasteiger partial charge >= 0.3 is 0 Å². The van der Waals surface area contributed by atoms with Crippen molar-refractivity contribution in [3.63, 3.8) is 0 Å². The Balaban J connectivity index is 3.05. The molecule has 0 radical (unpaired) electrons. The summed E-state index contributed by atoms with van der Waals surface area (Å²) in [6, 6.07) is 6.14. The highest BCUT2D eigenvalue weighted by molar-refractivity contribution is 5.37. The maximum absolute atomic E-state index is 9.80. The lowest BCUT2D eigenvalue weighted by atomic mass is 9.75. The predicted octanol–water partition coefficient (Wildman–Crippen LogP) is 2.53. The quantitative estimate of drug-likeness (QED) is 0.796. The summed E-state index contributed by atoms with van der Waals surface area (Å²) in [6.07, 6.45) is 1.67. The van der Waals surface area contributed by atoms with E-state index >= 15 is 0 Å². The number of rotatable bonds is 7. The molecule has 0 saturated carbocycles. The summed E-state index contributed by atoms with van der Waals surface area (Å²) in [5.41, 5.74) is 8.01. The van der Waals surface area contributed by atoms with Crippen LogP contribution >= 0.6 is 0 Å². The highest BCUT2D eigenvalue weighted by Crippen LogP contribution is 2.33. The molecule has 1 atom stereocenters. The first-order valence-electron chi connectivity index (χ1n) is 6.91. The van der Waals surface area contributed by atoms with Crippen LogP contribution in [-0.4, -0.2) is 25.4 Å². The van der Waals surface area contributed by atoms with Crippen LogP contribution < -0.4 is 10.5 Å². The number of aliphatic hydroxyl groups is 1. The SMILES string of the molecule is COc1ccc(C)cc1CC(CN)(CO)CC(C)C. The molecule has 3 heteroatoms. The Labute approximate surface area is 116 Å². The van der Waals surface area contributed by atoms with Gasteiger partial charge in [-0.3, -0.25) is 0 Å². The van der Waals surface area contributed by atoms with Crippen LogP contribution in [0.15, 0.2) is 18.2 Å². The van der Waals surface area contributed by atoms with Crippen molar-refractivity contribution in [2.45, 2.75) is 33.6 Å². The molecular weight excluding hydrogens is 238 g/mol. The number of hydrogen-bond acceptors (Lipinski definition) is 3. The van der Waals surface area contributed by atoms with Gasteiger partial charge in [0.2, 0.25) is 0 Å². The van der Waals surface area contributed by atoms with E-state index in [-0.39, 0.29) is 12.0 Å². The third-order valence-corrected chi connectivity index (χ3v) is 3.61. The molecule has 19 heavy (non-hydrogen) atoms. The molecule has 0 spiro atoms. The zero-order valence-electron chi connectivity index (χ0n) is 12.6. The molecule has 0 aliphatic rings. The predicted molar refractivity (Wildman–Crippen MR) is 79.5 cm³/mol. The molecule has 0 heterocycles. The Bertz CT molecular complexity index is 398. The second-order valence-corrected chi connectivity index (χ2v) is 5.95. The second kappa shape index (κ2) is 6.92. The summed E-state index contributed by atoms with van der Waals surface area (Å²) in [5.74, 6) is 1.38. The van der Waals surface area contributed by atoms with E-state index in [0.717, 1.165) is 24.2 Å². The van der Waals surface area contributed by atoms with Crippen molar-refractivity contribution in [2.75, 3.05) is 20.3 Å². The Morgan fingerprint density at radius 3 is 2.53 bits per heavy atom.